The van der Waals surface area contributed by atoms with Gasteiger partial charge in [-0.25, -0.2) is 9.67 Å². The maximum Gasteiger partial charge on any atom is 0.255 e. The van der Waals surface area contributed by atoms with Gasteiger partial charge in [0.1, 0.15) is 5.01 Å². The summed E-state index contributed by atoms with van der Waals surface area (Å²) >= 11 is 1.44. The second kappa shape index (κ2) is 9.60. The number of aromatic nitrogens is 3. The molecular formula is C22H25N5O4S. The number of thiazole rings is 1. The van der Waals surface area contributed by atoms with Gasteiger partial charge in [0.2, 0.25) is 0 Å². The molecule has 1 fully saturated rings. The number of benzene rings is 1. The molecule has 4 atom stereocenters. The molecule has 3 aromatic rings. The van der Waals surface area contributed by atoms with Crippen molar-refractivity contribution in [3.63, 3.8) is 0 Å². The minimum atomic E-state index is -1.87. The Bertz CT molecular complexity index is 1040. The van der Waals surface area contributed by atoms with Gasteiger partial charge in [0, 0.05) is 30.5 Å². The second-order valence-electron chi connectivity index (χ2n) is 7.72. The Morgan fingerprint density at radius 1 is 1.19 bits per heavy atom. The maximum atomic E-state index is 12.8. The number of carbonyl (C=O) groups excluding carboxylic acids is 2. The lowest BCUT2D eigenvalue weighted by Gasteiger charge is -2.27. The monoisotopic (exact) mass is 455 g/mol. The van der Waals surface area contributed by atoms with Crippen LogP contribution in [0.2, 0.25) is 0 Å². The molecule has 3 heterocycles. The Morgan fingerprint density at radius 3 is 2.62 bits per heavy atom. The molecule has 1 aliphatic rings. The van der Waals surface area contributed by atoms with E-state index in [4.69, 9.17) is 0 Å². The average molecular weight is 456 g/mol. The summed E-state index contributed by atoms with van der Waals surface area (Å²) in [4.78, 5) is 31.1. The molecule has 2 aromatic heterocycles. The highest BCUT2D eigenvalue weighted by Gasteiger charge is 2.39. The first kappa shape index (κ1) is 22.1. The number of nitrogens with one attached hydrogen (secondary N) is 1. The predicted octanol–water partition coefficient (Wildman–Crippen LogP) is 1.59. The highest BCUT2D eigenvalue weighted by Crippen LogP contribution is 2.33. The van der Waals surface area contributed by atoms with E-state index in [1.54, 1.807) is 24.0 Å². The van der Waals surface area contributed by atoms with Crippen LogP contribution in [-0.2, 0) is 9.59 Å². The third-order valence-corrected chi connectivity index (χ3v) is 6.49. The van der Waals surface area contributed by atoms with E-state index >= 15 is 0 Å². The first-order valence-corrected chi connectivity index (χ1v) is 11.3. The Kier molecular flexibility index (Phi) is 6.63. The van der Waals surface area contributed by atoms with Crippen molar-refractivity contribution in [3.05, 3.63) is 64.9 Å². The van der Waals surface area contributed by atoms with E-state index in [1.165, 1.54) is 16.2 Å². The normalized spacial score (nSPS) is 18.8. The largest absolute Gasteiger partial charge is 0.380 e. The zero-order chi connectivity index (χ0) is 22.7. The molecule has 1 unspecified atom stereocenters. The van der Waals surface area contributed by atoms with Crippen molar-refractivity contribution in [2.24, 2.45) is 0 Å². The summed E-state index contributed by atoms with van der Waals surface area (Å²) in [5, 5.41) is 30.2. The third-order valence-electron chi connectivity index (χ3n) is 5.61. The van der Waals surface area contributed by atoms with Crippen molar-refractivity contribution in [3.8, 4) is 5.69 Å². The average Bonchev–Trinajstić information content (AvgIpc) is 3.58. The highest BCUT2D eigenvalue weighted by molar-refractivity contribution is 7.09. The van der Waals surface area contributed by atoms with Crippen molar-refractivity contribution < 1.29 is 19.8 Å². The zero-order valence-electron chi connectivity index (χ0n) is 17.5. The summed E-state index contributed by atoms with van der Waals surface area (Å²) in [6.07, 6.45) is 2.98. The first-order chi connectivity index (χ1) is 15.5. The lowest BCUT2D eigenvalue weighted by molar-refractivity contribution is -0.154. The van der Waals surface area contributed by atoms with Crippen LogP contribution in [0.5, 0.6) is 0 Å². The summed E-state index contributed by atoms with van der Waals surface area (Å²) in [6.45, 7) is 2.22. The van der Waals surface area contributed by atoms with Crippen molar-refractivity contribution in [2.75, 3.05) is 6.54 Å². The van der Waals surface area contributed by atoms with Gasteiger partial charge in [0.05, 0.1) is 17.8 Å². The van der Waals surface area contributed by atoms with Crippen LogP contribution in [0.3, 0.4) is 0 Å². The van der Waals surface area contributed by atoms with Crippen molar-refractivity contribution in [1.29, 1.82) is 0 Å². The van der Waals surface area contributed by atoms with Crippen LogP contribution in [0.15, 0.2) is 54.3 Å². The van der Waals surface area contributed by atoms with Gasteiger partial charge in [0.15, 0.2) is 12.2 Å². The van der Waals surface area contributed by atoms with Crippen LogP contribution in [0, 0.1) is 0 Å². The van der Waals surface area contributed by atoms with Crippen LogP contribution >= 0.6 is 11.3 Å². The quantitative estimate of drug-likeness (QED) is 0.498. The van der Waals surface area contributed by atoms with E-state index in [1.807, 2.05) is 41.9 Å². The van der Waals surface area contributed by atoms with Crippen LogP contribution in [0.4, 0.5) is 0 Å². The van der Waals surface area contributed by atoms with Gasteiger partial charge in [-0.05, 0) is 43.5 Å². The van der Waals surface area contributed by atoms with E-state index in [2.05, 4.69) is 15.4 Å². The van der Waals surface area contributed by atoms with Crippen molar-refractivity contribution >= 4 is 23.2 Å². The third kappa shape index (κ3) is 4.57. The van der Waals surface area contributed by atoms with Crippen molar-refractivity contribution in [2.45, 2.75) is 44.1 Å². The fourth-order valence-electron chi connectivity index (χ4n) is 3.85. The molecule has 0 aliphatic carbocycles. The van der Waals surface area contributed by atoms with Gasteiger partial charge < -0.3 is 20.4 Å². The van der Waals surface area contributed by atoms with Crippen molar-refractivity contribution in [1.82, 2.24) is 25.0 Å². The van der Waals surface area contributed by atoms with Gasteiger partial charge in [0.25, 0.3) is 11.8 Å². The molecule has 0 bridgehead atoms. The number of likely N-dealkylation sites (tertiary alicyclic amines) is 1. The fraction of sp³-hybridized carbons (Fsp3) is 0.364. The van der Waals surface area contributed by atoms with Gasteiger partial charge >= 0.3 is 0 Å². The summed E-state index contributed by atoms with van der Waals surface area (Å²) < 4.78 is 1.72. The number of hydrogen-bond donors (Lipinski definition) is 3. The van der Waals surface area contributed by atoms with Crippen LogP contribution in [0.1, 0.15) is 42.4 Å². The number of aliphatic hydroxyl groups is 2. The molecule has 9 nitrogen and oxygen atoms in total. The number of hydrogen-bond acceptors (Lipinski definition) is 7. The smallest absolute Gasteiger partial charge is 0.255 e. The van der Waals surface area contributed by atoms with E-state index in [0.717, 1.165) is 29.1 Å². The number of carbonyl (C=O) groups is 2. The second-order valence-corrected chi connectivity index (χ2v) is 8.65. The Balaban J connectivity index is 1.36. The zero-order valence-corrected chi connectivity index (χ0v) is 18.4. The molecule has 2 amide bonds. The predicted molar refractivity (Wildman–Crippen MR) is 118 cm³/mol. The Labute approximate surface area is 189 Å². The number of rotatable bonds is 7. The molecule has 1 saturated heterocycles. The van der Waals surface area contributed by atoms with E-state index < -0.39 is 30.1 Å². The first-order valence-electron chi connectivity index (χ1n) is 10.4. The molecular weight excluding hydrogens is 430 g/mol. The lowest BCUT2D eigenvalue weighted by Crippen LogP contribution is -2.50. The van der Waals surface area contributed by atoms with Gasteiger partial charge in [-0.2, -0.15) is 5.10 Å². The molecule has 1 aromatic carbocycles. The molecule has 4 rings (SSSR count). The molecule has 0 saturated carbocycles. The number of aliphatic hydroxyl groups excluding tert-OH is 2. The molecule has 168 valence electrons. The molecule has 10 heteroatoms. The van der Waals surface area contributed by atoms with Crippen LogP contribution < -0.4 is 5.32 Å². The molecule has 0 radical (unpaired) electrons. The Hall–Kier alpha value is -3.08. The lowest BCUT2D eigenvalue weighted by atomic mass is 10.1. The summed E-state index contributed by atoms with van der Waals surface area (Å²) in [5.41, 5.74) is 1.68. The topological polar surface area (TPSA) is 121 Å². The van der Waals surface area contributed by atoms with Gasteiger partial charge in [-0.1, -0.05) is 12.1 Å². The SMILES string of the molecule is C[C@@H](NC(=O)[C@H](O)[C@@H](O)C(=O)N1CCCC1c1nccs1)c1ccc(-n2cccn2)cc1. The molecule has 0 spiro atoms. The van der Waals surface area contributed by atoms with E-state index in [-0.39, 0.29) is 6.04 Å². The Morgan fingerprint density at radius 2 is 1.97 bits per heavy atom. The number of nitrogens with zero attached hydrogens (tertiary/aromatic N) is 4. The van der Waals surface area contributed by atoms with Crippen LogP contribution in [-0.4, -0.2) is 60.4 Å². The maximum absolute atomic E-state index is 12.8. The molecule has 32 heavy (non-hydrogen) atoms. The number of amides is 2. The van der Waals surface area contributed by atoms with E-state index in [0.29, 0.717) is 6.54 Å². The van der Waals surface area contributed by atoms with Crippen LogP contribution in [0.25, 0.3) is 5.69 Å². The minimum absolute atomic E-state index is 0.236. The molecule has 1 aliphatic heterocycles. The van der Waals surface area contributed by atoms with Gasteiger partial charge in [-0.15, -0.1) is 11.3 Å². The fourth-order valence-corrected chi connectivity index (χ4v) is 4.64. The minimum Gasteiger partial charge on any atom is -0.380 e. The summed E-state index contributed by atoms with van der Waals surface area (Å²) in [5.74, 6) is -1.47. The summed E-state index contributed by atoms with van der Waals surface area (Å²) in [7, 11) is 0. The standard InChI is InChI=1S/C22H25N5O4S/c1-14(15-5-7-16(8-6-15)27-12-3-9-24-27)25-20(30)18(28)19(29)22(31)26-11-2-4-17(26)21-23-10-13-32-21/h3,5-10,12-14,17-19,28-29H,2,4,11H2,1H3,(H,25,30)/t14-,17?,18-,19-/m1/s1. The molecule has 3 N–H and O–H groups in total. The summed E-state index contributed by atoms with van der Waals surface area (Å²) in [6, 6.07) is 8.59. The van der Waals surface area contributed by atoms with E-state index in [9.17, 15) is 19.8 Å². The highest BCUT2D eigenvalue weighted by atomic mass is 32.1. The van der Waals surface area contributed by atoms with Gasteiger partial charge in [-0.3, -0.25) is 9.59 Å².